The summed E-state index contributed by atoms with van der Waals surface area (Å²) in [5.74, 6) is -1.24. The number of carboxylic acids is 2. The Balaban J connectivity index is 1.34. The Morgan fingerprint density at radius 2 is 1.57 bits per heavy atom. The smallest absolute Gasteiger partial charge is 0.314 e. The Morgan fingerprint density at radius 1 is 0.870 bits per heavy atom. The van der Waals surface area contributed by atoms with Crippen LogP contribution in [-0.4, -0.2) is 86.0 Å². The molecule has 10 nitrogen and oxygen atoms in total. The van der Waals surface area contributed by atoms with E-state index in [2.05, 4.69) is 47.6 Å². The van der Waals surface area contributed by atoms with Crippen LogP contribution >= 0.6 is 0 Å². The number of aliphatic hydroxyl groups excluding tert-OH is 4. The number of carbonyl (C=O) groups is 2. The van der Waals surface area contributed by atoms with Gasteiger partial charge in [0.15, 0.2) is 6.29 Å². The molecule has 1 aliphatic heterocycles. The second kappa shape index (κ2) is 11.2. The molecule has 0 spiro atoms. The minimum atomic E-state index is -1.51. The van der Waals surface area contributed by atoms with Gasteiger partial charge in [-0.3, -0.25) is 9.59 Å². The fraction of sp³-hybridized carbons (Fsp3) is 0.889. The number of rotatable bonds is 5. The second-order valence-electron chi connectivity index (χ2n) is 17.2. The van der Waals surface area contributed by atoms with Gasteiger partial charge >= 0.3 is 11.9 Å². The highest BCUT2D eigenvalue weighted by Gasteiger charge is 2.73. The van der Waals surface area contributed by atoms with Crippen LogP contribution in [0.3, 0.4) is 0 Å². The molecule has 260 valence electrons. The third kappa shape index (κ3) is 4.35. The molecular formula is C36H56O10. The van der Waals surface area contributed by atoms with Crippen LogP contribution in [0.5, 0.6) is 0 Å². The minimum Gasteiger partial charge on any atom is -0.481 e. The van der Waals surface area contributed by atoms with Crippen LogP contribution in [-0.2, 0) is 19.1 Å². The predicted octanol–water partition coefficient (Wildman–Crippen LogP) is 3.98. The average molecular weight is 649 g/mol. The van der Waals surface area contributed by atoms with E-state index in [0.717, 1.165) is 31.3 Å². The van der Waals surface area contributed by atoms with E-state index in [1.165, 1.54) is 0 Å². The Hall–Kier alpha value is -1.56. The molecule has 6 rings (SSSR count). The molecule has 6 aliphatic rings. The van der Waals surface area contributed by atoms with Gasteiger partial charge in [0.05, 0.1) is 23.5 Å². The molecule has 5 aliphatic carbocycles. The summed E-state index contributed by atoms with van der Waals surface area (Å²) in [4.78, 5) is 26.8. The van der Waals surface area contributed by atoms with Crippen molar-refractivity contribution < 1.29 is 49.7 Å². The zero-order valence-electron chi connectivity index (χ0n) is 28.3. The first-order chi connectivity index (χ1) is 21.4. The molecule has 1 unspecified atom stereocenters. The van der Waals surface area contributed by atoms with Crippen molar-refractivity contribution in [3.05, 3.63) is 11.6 Å². The monoisotopic (exact) mass is 648 g/mol. The molecule has 6 N–H and O–H groups in total. The first kappa shape index (κ1) is 34.3. The van der Waals surface area contributed by atoms with Gasteiger partial charge in [0, 0.05) is 0 Å². The number of hydrogen-bond acceptors (Lipinski definition) is 8. The summed E-state index contributed by atoms with van der Waals surface area (Å²) < 4.78 is 12.1. The highest BCUT2D eigenvalue weighted by atomic mass is 16.7. The van der Waals surface area contributed by atoms with Crippen LogP contribution in [0.4, 0.5) is 0 Å². The lowest BCUT2D eigenvalue weighted by Crippen LogP contribution is -2.68. The van der Waals surface area contributed by atoms with Crippen LogP contribution in [0.2, 0.25) is 0 Å². The standard InChI is InChI=1S/C36H56O10/c1-18-9-14-35(30(41)42)15-16-36(31(43)44)20(25(35)19(18)2)7-8-23-33(5)12-11-24(32(3,4)22(33)10-13-34(23,36)6)46-29-28(40)27(39)26(38)21(17-37)45-29/h7,18-19,21-29,37-40H,8-17H2,1-6H3,(H,41,42)(H,43,44)/t18-,19+,21-,22?,23-,24+,25+,26-,27+,28-,29+,33+,34-,35+,36-/m0/s1. The van der Waals surface area contributed by atoms with E-state index < -0.39 is 70.9 Å². The molecule has 10 heteroatoms. The number of aliphatic carboxylic acids is 2. The summed E-state index contributed by atoms with van der Waals surface area (Å²) >= 11 is 0. The van der Waals surface area contributed by atoms with E-state index in [4.69, 9.17) is 9.47 Å². The van der Waals surface area contributed by atoms with Crippen molar-refractivity contribution in [1.82, 2.24) is 0 Å². The zero-order valence-corrected chi connectivity index (χ0v) is 28.3. The van der Waals surface area contributed by atoms with E-state index in [0.29, 0.717) is 38.0 Å². The molecule has 0 aromatic rings. The third-order valence-electron chi connectivity index (χ3n) is 15.3. The number of aliphatic hydroxyl groups is 4. The van der Waals surface area contributed by atoms with Crippen molar-refractivity contribution in [3.8, 4) is 0 Å². The molecule has 15 atom stereocenters. The molecule has 4 saturated carbocycles. The summed E-state index contributed by atoms with van der Waals surface area (Å²) in [6.45, 7) is 12.6. The summed E-state index contributed by atoms with van der Waals surface area (Å²) in [5, 5.41) is 63.0. The number of hydrogen-bond donors (Lipinski definition) is 6. The SMILES string of the molecule is C[C@@H]1[C@@H](C)CC[C@@]2(C(=O)O)CC[C@@]3(C(=O)O)C(=CC[C@@H]4[C@]3(C)CCC3C(C)(C)[C@H](O[C@H]5O[C@@H](CO)[C@H](O)[C@@H](O)[C@@H]5O)CC[C@]34C)[C@@H]12. The van der Waals surface area contributed by atoms with Gasteiger partial charge in [-0.15, -0.1) is 0 Å². The Labute approximate surface area is 272 Å². The normalized spacial score (nSPS) is 53.1. The Morgan fingerprint density at radius 3 is 2.20 bits per heavy atom. The first-order valence-electron chi connectivity index (χ1n) is 17.6. The van der Waals surface area contributed by atoms with Gasteiger partial charge in [-0.1, -0.05) is 53.2 Å². The third-order valence-corrected chi connectivity index (χ3v) is 15.3. The van der Waals surface area contributed by atoms with Gasteiger partial charge in [-0.05, 0) is 104 Å². The maximum Gasteiger partial charge on any atom is 0.314 e. The van der Waals surface area contributed by atoms with Crippen molar-refractivity contribution in [2.75, 3.05) is 6.61 Å². The lowest BCUT2D eigenvalue weighted by atomic mass is 9.33. The molecule has 5 fully saturated rings. The van der Waals surface area contributed by atoms with Crippen LogP contribution in [0.25, 0.3) is 0 Å². The van der Waals surface area contributed by atoms with Crippen LogP contribution in [0, 0.1) is 56.7 Å². The van der Waals surface area contributed by atoms with Gasteiger partial charge in [0.2, 0.25) is 0 Å². The van der Waals surface area contributed by atoms with E-state index in [1.54, 1.807) is 0 Å². The molecule has 0 aromatic carbocycles. The van der Waals surface area contributed by atoms with E-state index in [-0.39, 0.29) is 35.2 Å². The fourth-order valence-electron chi connectivity index (χ4n) is 12.6. The lowest BCUT2D eigenvalue weighted by molar-refractivity contribution is -0.330. The average Bonchev–Trinajstić information content (AvgIpc) is 2.99. The van der Waals surface area contributed by atoms with Crippen LogP contribution < -0.4 is 0 Å². The molecule has 1 saturated heterocycles. The quantitative estimate of drug-likeness (QED) is 0.189. The lowest BCUT2D eigenvalue weighted by Gasteiger charge is -2.70. The highest BCUT2D eigenvalue weighted by Crippen LogP contribution is 2.76. The summed E-state index contributed by atoms with van der Waals surface area (Å²) in [6, 6.07) is 0. The predicted molar refractivity (Wildman–Crippen MR) is 167 cm³/mol. The van der Waals surface area contributed by atoms with Crippen molar-refractivity contribution in [3.63, 3.8) is 0 Å². The topological polar surface area (TPSA) is 174 Å². The molecule has 0 bridgehead atoms. The summed E-state index contributed by atoms with van der Waals surface area (Å²) in [7, 11) is 0. The molecule has 0 amide bonds. The maximum absolute atomic E-state index is 13.8. The Kier molecular flexibility index (Phi) is 8.38. The number of carboxylic acid groups (broad SMARTS) is 2. The number of ether oxygens (including phenoxy) is 2. The van der Waals surface area contributed by atoms with Gasteiger partial charge in [-0.25, -0.2) is 0 Å². The van der Waals surface area contributed by atoms with E-state index in [9.17, 15) is 40.2 Å². The van der Waals surface area contributed by atoms with Gasteiger partial charge in [0.1, 0.15) is 24.4 Å². The van der Waals surface area contributed by atoms with Gasteiger partial charge < -0.3 is 40.1 Å². The second-order valence-corrected chi connectivity index (χ2v) is 17.2. The van der Waals surface area contributed by atoms with Gasteiger partial charge in [0.25, 0.3) is 0 Å². The molecular weight excluding hydrogens is 592 g/mol. The highest BCUT2D eigenvalue weighted by molar-refractivity contribution is 5.84. The van der Waals surface area contributed by atoms with Crippen molar-refractivity contribution in [2.24, 2.45) is 56.7 Å². The first-order valence-corrected chi connectivity index (χ1v) is 17.6. The van der Waals surface area contributed by atoms with Gasteiger partial charge in [-0.2, -0.15) is 0 Å². The largest absolute Gasteiger partial charge is 0.481 e. The van der Waals surface area contributed by atoms with Crippen LogP contribution in [0.1, 0.15) is 99.3 Å². The maximum atomic E-state index is 13.8. The van der Waals surface area contributed by atoms with Crippen molar-refractivity contribution in [2.45, 2.75) is 136 Å². The number of fused-ring (bicyclic) bond motifs is 7. The minimum absolute atomic E-state index is 0.0692. The fourth-order valence-corrected chi connectivity index (χ4v) is 12.6. The summed E-state index contributed by atoms with van der Waals surface area (Å²) in [5.41, 5.74) is -2.32. The van der Waals surface area contributed by atoms with Crippen molar-refractivity contribution >= 4 is 11.9 Å². The Bertz CT molecular complexity index is 1260. The zero-order chi connectivity index (χ0) is 33.8. The summed E-state index contributed by atoms with van der Waals surface area (Å²) in [6.07, 6.45) is 0.942. The van der Waals surface area contributed by atoms with Crippen LogP contribution in [0.15, 0.2) is 11.6 Å². The molecule has 0 aromatic heterocycles. The van der Waals surface area contributed by atoms with Crippen molar-refractivity contribution in [1.29, 1.82) is 0 Å². The van der Waals surface area contributed by atoms with E-state index >= 15 is 0 Å². The molecule has 0 radical (unpaired) electrons. The molecule has 46 heavy (non-hydrogen) atoms. The number of allylic oxidation sites excluding steroid dienone is 1. The molecule has 1 heterocycles. The van der Waals surface area contributed by atoms with E-state index in [1.807, 2.05) is 0 Å².